The van der Waals surface area contributed by atoms with Gasteiger partial charge in [-0.3, -0.25) is 9.78 Å². The van der Waals surface area contributed by atoms with Crippen molar-refractivity contribution in [3.8, 4) is 0 Å². The van der Waals surface area contributed by atoms with E-state index in [2.05, 4.69) is 39.8 Å². The monoisotopic (exact) mass is 433 g/mol. The van der Waals surface area contributed by atoms with E-state index in [1.165, 1.54) is 6.42 Å². The van der Waals surface area contributed by atoms with Gasteiger partial charge in [-0.25, -0.2) is 4.99 Å². The number of pyridine rings is 1. The van der Waals surface area contributed by atoms with E-state index in [1.807, 2.05) is 6.92 Å². The highest BCUT2D eigenvalue weighted by atomic mass is 127. The third-order valence-corrected chi connectivity index (χ3v) is 2.92. The summed E-state index contributed by atoms with van der Waals surface area (Å²) in [6.45, 7) is 8.12. The second kappa shape index (κ2) is 13.1. The van der Waals surface area contributed by atoms with Crippen LogP contribution in [0.1, 0.15) is 33.6 Å². The summed E-state index contributed by atoms with van der Waals surface area (Å²) in [4.78, 5) is 20.1. The van der Waals surface area contributed by atoms with E-state index in [0.717, 1.165) is 19.5 Å². The number of nitrogens with zero attached hydrogens (tertiary/aromatic N) is 2. The number of amides is 1. The molecular formula is C16H28IN5O. The molecule has 23 heavy (non-hydrogen) atoms. The van der Waals surface area contributed by atoms with Gasteiger partial charge in [-0.15, -0.1) is 24.0 Å². The zero-order valence-electron chi connectivity index (χ0n) is 14.1. The molecule has 0 spiro atoms. The summed E-state index contributed by atoms with van der Waals surface area (Å²) in [5.41, 5.74) is 0.678. The van der Waals surface area contributed by atoms with Crippen LogP contribution < -0.4 is 16.0 Å². The van der Waals surface area contributed by atoms with Crippen LogP contribution in [0.25, 0.3) is 0 Å². The maximum absolute atomic E-state index is 11.8. The van der Waals surface area contributed by atoms with Gasteiger partial charge in [-0.1, -0.05) is 13.8 Å². The molecule has 0 aromatic carbocycles. The van der Waals surface area contributed by atoms with Crippen molar-refractivity contribution in [1.82, 2.24) is 15.6 Å². The van der Waals surface area contributed by atoms with Crippen LogP contribution >= 0.6 is 24.0 Å². The molecule has 0 bridgehead atoms. The maximum Gasteiger partial charge on any atom is 0.246 e. The summed E-state index contributed by atoms with van der Waals surface area (Å²) in [6, 6.07) is 3.57. The summed E-state index contributed by atoms with van der Waals surface area (Å²) in [5.74, 6) is 1.21. The molecular weight excluding hydrogens is 405 g/mol. The van der Waals surface area contributed by atoms with Crippen LogP contribution in [0.3, 0.4) is 0 Å². The van der Waals surface area contributed by atoms with Crippen molar-refractivity contribution in [1.29, 1.82) is 0 Å². The molecule has 0 atom stereocenters. The first-order chi connectivity index (χ1) is 10.6. The van der Waals surface area contributed by atoms with Crippen LogP contribution in [0.2, 0.25) is 0 Å². The van der Waals surface area contributed by atoms with Gasteiger partial charge in [0.25, 0.3) is 0 Å². The fourth-order valence-electron chi connectivity index (χ4n) is 1.85. The molecule has 0 radical (unpaired) electrons. The maximum atomic E-state index is 11.8. The molecule has 1 rings (SSSR count). The minimum atomic E-state index is -0.160. The highest BCUT2D eigenvalue weighted by Gasteiger charge is 2.03. The summed E-state index contributed by atoms with van der Waals surface area (Å²) < 4.78 is 0. The highest BCUT2D eigenvalue weighted by Crippen LogP contribution is 2.02. The number of aliphatic imine (C=N–C) groups is 1. The van der Waals surface area contributed by atoms with Crippen LogP contribution in [-0.4, -0.2) is 36.5 Å². The average Bonchev–Trinajstić information content (AvgIpc) is 2.49. The predicted octanol–water partition coefficient (Wildman–Crippen LogP) is 2.63. The van der Waals surface area contributed by atoms with Gasteiger partial charge in [0, 0.05) is 19.3 Å². The number of nitrogens with one attached hydrogen (secondary N) is 3. The van der Waals surface area contributed by atoms with Gasteiger partial charge in [0.1, 0.15) is 6.54 Å². The number of halogens is 1. The topological polar surface area (TPSA) is 78.4 Å². The Morgan fingerprint density at radius 2 is 2.13 bits per heavy atom. The molecule has 0 aliphatic rings. The fraction of sp³-hybridized carbons (Fsp3) is 0.562. The molecule has 1 amide bonds. The number of rotatable bonds is 8. The lowest BCUT2D eigenvalue weighted by atomic mass is 10.1. The van der Waals surface area contributed by atoms with Crippen molar-refractivity contribution >= 4 is 41.5 Å². The van der Waals surface area contributed by atoms with Gasteiger partial charge in [0.05, 0.1) is 11.9 Å². The number of anilines is 1. The van der Waals surface area contributed by atoms with Crippen molar-refractivity contribution in [3.63, 3.8) is 0 Å². The minimum absolute atomic E-state index is 0. The number of hydrogen-bond donors (Lipinski definition) is 3. The van der Waals surface area contributed by atoms with Crippen LogP contribution in [-0.2, 0) is 4.79 Å². The molecule has 0 aliphatic carbocycles. The number of hydrogen-bond acceptors (Lipinski definition) is 3. The third kappa shape index (κ3) is 10.9. The number of aromatic nitrogens is 1. The lowest BCUT2D eigenvalue weighted by Crippen LogP contribution is -2.38. The molecule has 0 unspecified atom stereocenters. The van der Waals surface area contributed by atoms with Crippen molar-refractivity contribution in [2.24, 2.45) is 10.9 Å². The SMILES string of the molecule is CCNC(=NCC(=O)Nc1cccnc1)NCCCC(C)C.I. The summed E-state index contributed by atoms with van der Waals surface area (Å²) in [6.07, 6.45) is 5.53. The van der Waals surface area contributed by atoms with Gasteiger partial charge in [0.2, 0.25) is 5.91 Å². The molecule has 1 aromatic heterocycles. The molecule has 3 N–H and O–H groups in total. The van der Waals surface area contributed by atoms with Crippen LogP contribution in [0, 0.1) is 5.92 Å². The van der Waals surface area contributed by atoms with Crippen molar-refractivity contribution in [3.05, 3.63) is 24.5 Å². The van der Waals surface area contributed by atoms with E-state index in [1.54, 1.807) is 24.5 Å². The predicted molar refractivity (Wildman–Crippen MR) is 106 cm³/mol. The fourth-order valence-corrected chi connectivity index (χ4v) is 1.85. The number of carbonyl (C=O) groups excluding carboxylic acids is 1. The zero-order valence-corrected chi connectivity index (χ0v) is 16.5. The summed E-state index contributed by atoms with van der Waals surface area (Å²) in [5, 5.41) is 9.14. The Labute approximate surface area is 156 Å². The van der Waals surface area contributed by atoms with E-state index in [9.17, 15) is 4.79 Å². The Kier molecular flexibility index (Phi) is 12.3. The normalized spacial score (nSPS) is 10.9. The van der Waals surface area contributed by atoms with Gasteiger partial charge in [0.15, 0.2) is 5.96 Å². The molecule has 0 fully saturated rings. The van der Waals surface area contributed by atoms with Crippen molar-refractivity contribution in [2.75, 3.05) is 25.0 Å². The van der Waals surface area contributed by atoms with Gasteiger partial charge < -0.3 is 16.0 Å². The van der Waals surface area contributed by atoms with Crippen molar-refractivity contribution in [2.45, 2.75) is 33.6 Å². The molecule has 130 valence electrons. The van der Waals surface area contributed by atoms with Crippen molar-refractivity contribution < 1.29 is 4.79 Å². The van der Waals surface area contributed by atoms with E-state index in [-0.39, 0.29) is 36.4 Å². The second-order valence-electron chi connectivity index (χ2n) is 5.45. The molecule has 1 heterocycles. The first-order valence-corrected chi connectivity index (χ1v) is 7.84. The summed E-state index contributed by atoms with van der Waals surface area (Å²) in [7, 11) is 0. The Balaban J connectivity index is 0.00000484. The lowest BCUT2D eigenvalue weighted by Gasteiger charge is -2.12. The van der Waals surface area contributed by atoms with Gasteiger partial charge >= 0.3 is 0 Å². The third-order valence-electron chi connectivity index (χ3n) is 2.92. The molecule has 7 heteroatoms. The van der Waals surface area contributed by atoms with Crippen LogP contribution in [0.15, 0.2) is 29.5 Å². The largest absolute Gasteiger partial charge is 0.357 e. The number of carbonyl (C=O) groups is 1. The van der Waals surface area contributed by atoms with E-state index < -0.39 is 0 Å². The van der Waals surface area contributed by atoms with E-state index in [0.29, 0.717) is 17.6 Å². The van der Waals surface area contributed by atoms with Gasteiger partial charge in [-0.2, -0.15) is 0 Å². The van der Waals surface area contributed by atoms with Gasteiger partial charge in [-0.05, 0) is 37.8 Å². The second-order valence-corrected chi connectivity index (χ2v) is 5.45. The Morgan fingerprint density at radius 1 is 1.35 bits per heavy atom. The molecule has 0 aliphatic heterocycles. The Bertz CT molecular complexity index is 465. The minimum Gasteiger partial charge on any atom is -0.357 e. The molecule has 1 aromatic rings. The van der Waals surface area contributed by atoms with E-state index >= 15 is 0 Å². The Hall–Kier alpha value is -1.38. The highest BCUT2D eigenvalue weighted by molar-refractivity contribution is 14.0. The number of guanidine groups is 1. The first kappa shape index (κ1) is 21.6. The lowest BCUT2D eigenvalue weighted by molar-refractivity contribution is -0.114. The summed E-state index contributed by atoms with van der Waals surface area (Å²) >= 11 is 0. The smallest absolute Gasteiger partial charge is 0.246 e. The molecule has 6 nitrogen and oxygen atoms in total. The van der Waals surface area contributed by atoms with Crippen LogP contribution in [0.4, 0.5) is 5.69 Å². The standard InChI is InChI=1S/C16H27N5O.HI/c1-4-18-16(19-10-5-7-13(2)3)20-12-15(22)21-14-8-6-9-17-11-14;/h6,8-9,11,13H,4-5,7,10,12H2,1-3H3,(H,21,22)(H2,18,19,20);1H. The quantitative estimate of drug-likeness (QED) is 0.255. The molecule has 0 saturated heterocycles. The zero-order chi connectivity index (χ0) is 16.2. The average molecular weight is 433 g/mol. The van der Waals surface area contributed by atoms with E-state index in [4.69, 9.17) is 0 Å². The molecule has 0 saturated carbocycles. The Morgan fingerprint density at radius 3 is 2.74 bits per heavy atom. The van der Waals surface area contributed by atoms with Crippen LogP contribution in [0.5, 0.6) is 0 Å². The first-order valence-electron chi connectivity index (χ1n) is 7.84.